The van der Waals surface area contributed by atoms with E-state index in [9.17, 15) is 4.79 Å². The van der Waals surface area contributed by atoms with Gasteiger partial charge in [-0.05, 0) is 55.4 Å². The standard InChI is InChI=1S/C25H30Cl2N2O2/c1-16-4-3-7-25(2)14-23-18(13-20(16)25)19(24(30)31-23)15-28-8-10-29(11-9-28)17-5-6-21(26)22(27)12-17/h4-6,12-13,18-19,23H,3,7-11,14-15H2,1-2H3/t18-,19?,23-,25-/m1/s1. The number of benzene rings is 1. The molecule has 31 heavy (non-hydrogen) atoms. The molecule has 4 aliphatic rings. The Labute approximate surface area is 194 Å². The fraction of sp³-hybridized carbons (Fsp3) is 0.560. The zero-order valence-electron chi connectivity index (χ0n) is 18.2. The van der Waals surface area contributed by atoms with Gasteiger partial charge in [-0.25, -0.2) is 0 Å². The Morgan fingerprint density at radius 1 is 1.16 bits per heavy atom. The molecule has 2 heterocycles. The van der Waals surface area contributed by atoms with E-state index < -0.39 is 0 Å². The lowest BCUT2D eigenvalue weighted by Crippen LogP contribution is -2.49. The summed E-state index contributed by atoms with van der Waals surface area (Å²) in [6, 6.07) is 5.81. The van der Waals surface area contributed by atoms with Crippen LogP contribution in [0.3, 0.4) is 0 Å². The summed E-state index contributed by atoms with van der Waals surface area (Å²) < 4.78 is 5.92. The molecule has 2 saturated heterocycles. The van der Waals surface area contributed by atoms with Gasteiger partial charge in [0.1, 0.15) is 6.10 Å². The normalized spacial score (nSPS) is 33.4. The Kier molecular flexibility index (Phi) is 5.60. The first-order valence-corrected chi connectivity index (χ1v) is 12.1. The van der Waals surface area contributed by atoms with Crippen LogP contribution in [0.15, 0.2) is 41.5 Å². The summed E-state index contributed by atoms with van der Waals surface area (Å²) in [7, 11) is 0. The SMILES string of the molecule is CC1=CCC[C@]2(C)C[C@H]3OC(=O)C(CN4CCN(c5ccc(Cl)c(Cl)c5)CC4)[C@H]3C=C12. The number of carbonyl (C=O) groups is 1. The molecule has 1 unspecified atom stereocenters. The minimum atomic E-state index is -0.0618. The summed E-state index contributed by atoms with van der Waals surface area (Å²) >= 11 is 12.3. The van der Waals surface area contributed by atoms with Crippen molar-refractivity contribution in [3.8, 4) is 0 Å². The molecule has 0 bridgehead atoms. The van der Waals surface area contributed by atoms with Crippen LogP contribution >= 0.6 is 23.2 Å². The largest absolute Gasteiger partial charge is 0.461 e. The van der Waals surface area contributed by atoms with Crippen molar-refractivity contribution in [3.05, 3.63) is 51.5 Å². The molecule has 6 heteroatoms. The molecule has 0 N–H and O–H groups in total. The maximum absolute atomic E-state index is 12.8. The molecule has 2 fully saturated rings. The molecule has 4 nitrogen and oxygen atoms in total. The number of piperazine rings is 1. The van der Waals surface area contributed by atoms with Crippen molar-refractivity contribution < 1.29 is 9.53 Å². The van der Waals surface area contributed by atoms with Gasteiger partial charge in [0.2, 0.25) is 0 Å². The van der Waals surface area contributed by atoms with Gasteiger partial charge in [-0.1, -0.05) is 47.9 Å². The molecular formula is C25H30Cl2N2O2. The number of ether oxygens (including phenoxy) is 1. The van der Waals surface area contributed by atoms with Crippen molar-refractivity contribution >= 4 is 34.9 Å². The topological polar surface area (TPSA) is 32.8 Å². The fourth-order valence-corrected chi connectivity index (χ4v) is 6.28. The van der Waals surface area contributed by atoms with Crippen LogP contribution in [0.4, 0.5) is 5.69 Å². The van der Waals surface area contributed by atoms with E-state index in [4.69, 9.17) is 27.9 Å². The van der Waals surface area contributed by atoms with Crippen molar-refractivity contribution in [2.75, 3.05) is 37.6 Å². The van der Waals surface area contributed by atoms with E-state index in [-0.39, 0.29) is 29.3 Å². The monoisotopic (exact) mass is 460 g/mol. The second-order valence-electron chi connectivity index (χ2n) is 9.82. The number of halogens is 2. The molecule has 4 atom stereocenters. The lowest BCUT2D eigenvalue weighted by atomic mass is 9.62. The number of nitrogens with zero attached hydrogens (tertiary/aromatic N) is 2. The smallest absolute Gasteiger partial charge is 0.311 e. The van der Waals surface area contributed by atoms with Crippen LogP contribution in [0.5, 0.6) is 0 Å². The van der Waals surface area contributed by atoms with Crippen molar-refractivity contribution in [2.45, 2.75) is 39.2 Å². The van der Waals surface area contributed by atoms with Crippen LogP contribution in [0, 0.1) is 17.3 Å². The molecule has 0 aromatic heterocycles. The van der Waals surface area contributed by atoms with E-state index in [1.807, 2.05) is 18.2 Å². The minimum Gasteiger partial charge on any atom is -0.461 e. The van der Waals surface area contributed by atoms with Gasteiger partial charge in [0.25, 0.3) is 0 Å². The number of esters is 1. The number of anilines is 1. The Morgan fingerprint density at radius 3 is 2.68 bits per heavy atom. The van der Waals surface area contributed by atoms with Crippen molar-refractivity contribution in [2.24, 2.45) is 17.3 Å². The number of hydrogen-bond donors (Lipinski definition) is 0. The first-order chi connectivity index (χ1) is 14.8. The van der Waals surface area contributed by atoms with Gasteiger partial charge in [-0.3, -0.25) is 9.69 Å². The molecule has 1 aromatic rings. The molecule has 0 spiro atoms. The molecule has 2 aliphatic carbocycles. The minimum absolute atomic E-state index is 0.0114. The number of fused-ring (bicyclic) bond motifs is 2. The first-order valence-electron chi connectivity index (χ1n) is 11.4. The molecular weight excluding hydrogens is 431 g/mol. The molecule has 5 rings (SSSR count). The number of allylic oxidation sites excluding steroid dienone is 3. The highest BCUT2D eigenvalue weighted by Gasteiger charge is 2.51. The summed E-state index contributed by atoms with van der Waals surface area (Å²) in [6.45, 7) is 9.01. The predicted molar refractivity (Wildman–Crippen MR) is 126 cm³/mol. The fourth-order valence-electron chi connectivity index (χ4n) is 5.99. The lowest BCUT2D eigenvalue weighted by Gasteiger charge is -2.43. The summed E-state index contributed by atoms with van der Waals surface area (Å²) in [5.74, 6) is 0.126. The van der Waals surface area contributed by atoms with Gasteiger partial charge in [-0.2, -0.15) is 0 Å². The van der Waals surface area contributed by atoms with Crippen molar-refractivity contribution in [1.82, 2.24) is 4.90 Å². The van der Waals surface area contributed by atoms with Gasteiger partial charge in [0.05, 0.1) is 16.0 Å². The third kappa shape index (κ3) is 3.92. The zero-order chi connectivity index (χ0) is 21.8. The Hall–Kier alpha value is -1.49. The molecule has 1 aromatic carbocycles. The van der Waals surface area contributed by atoms with E-state index >= 15 is 0 Å². The van der Waals surface area contributed by atoms with Crippen LogP contribution < -0.4 is 4.90 Å². The maximum Gasteiger partial charge on any atom is 0.311 e. The molecule has 0 saturated carbocycles. The summed E-state index contributed by atoms with van der Waals surface area (Å²) in [6.07, 6.45) is 8.01. The number of carbonyl (C=O) groups excluding carboxylic acids is 1. The van der Waals surface area contributed by atoms with E-state index in [1.54, 1.807) is 0 Å². The molecule has 0 radical (unpaired) electrons. The van der Waals surface area contributed by atoms with Crippen LogP contribution in [0.2, 0.25) is 10.0 Å². The predicted octanol–water partition coefficient (Wildman–Crippen LogP) is 5.35. The van der Waals surface area contributed by atoms with E-state index in [0.717, 1.165) is 57.7 Å². The van der Waals surface area contributed by atoms with Crippen LogP contribution in [-0.4, -0.2) is 49.7 Å². The highest BCUT2D eigenvalue weighted by Crippen LogP contribution is 2.52. The van der Waals surface area contributed by atoms with Crippen LogP contribution in [-0.2, 0) is 9.53 Å². The number of rotatable bonds is 3. The molecule has 166 valence electrons. The maximum atomic E-state index is 12.8. The lowest BCUT2D eigenvalue weighted by molar-refractivity contribution is -0.145. The first kappa shape index (κ1) is 21.4. The highest BCUT2D eigenvalue weighted by atomic mass is 35.5. The average Bonchev–Trinajstić information content (AvgIpc) is 3.03. The Balaban J connectivity index is 1.26. The van der Waals surface area contributed by atoms with Gasteiger partial charge in [0, 0.05) is 44.3 Å². The van der Waals surface area contributed by atoms with E-state index in [1.165, 1.54) is 11.1 Å². The second-order valence-corrected chi connectivity index (χ2v) is 10.6. The second kappa shape index (κ2) is 8.13. The Morgan fingerprint density at radius 2 is 1.94 bits per heavy atom. The molecule has 0 amide bonds. The van der Waals surface area contributed by atoms with Gasteiger partial charge in [0.15, 0.2) is 0 Å². The van der Waals surface area contributed by atoms with E-state index in [2.05, 4.69) is 35.8 Å². The zero-order valence-corrected chi connectivity index (χ0v) is 19.8. The average molecular weight is 461 g/mol. The third-order valence-corrected chi connectivity index (χ3v) is 8.53. The summed E-state index contributed by atoms with van der Waals surface area (Å²) in [4.78, 5) is 17.6. The summed E-state index contributed by atoms with van der Waals surface area (Å²) in [5, 5.41) is 1.17. The molecule has 2 aliphatic heterocycles. The quantitative estimate of drug-likeness (QED) is 0.569. The van der Waals surface area contributed by atoms with Gasteiger partial charge in [-0.15, -0.1) is 0 Å². The van der Waals surface area contributed by atoms with Gasteiger partial charge < -0.3 is 9.64 Å². The van der Waals surface area contributed by atoms with Crippen LogP contribution in [0.25, 0.3) is 0 Å². The Bertz CT molecular complexity index is 951. The van der Waals surface area contributed by atoms with Crippen molar-refractivity contribution in [1.29, 1.82) is 0 Å². The van der Waals surface area contributed by atoms with Gasteiger partial charge >= 0.3 is 5.97 Å². The third-order valence-electron chi connectivity index (χ3n) is 7.79. The van der Waals surface area contributed by atoms with Crippen LogP contribution in [0.1, 0.15) is 33.1 Å². The highest BCUT2D eigenvalue weighted by molar-refractivity contribution is 6.42. The van der Waals surface area contributed by atoms with Crippen molar-refractivity contribution in [3.63, 3.8) is 0 Å². The van der Waals surface area contributed by atoms with E-state index in [0.29, 0.717) is 10.0 Å². The summed E-state index contributed by atoms with van der Waals surface area (Å²) in [5.41, 5.74) is 4.10. The number of hydrogen-bond acceptors (Lipinski definition) is 4.